The summed E-state index contributed by atoms with van der Waals surface area (Å²) >= 11 is 0. The molecular weight excluding hydrogens is 288 g/mol. The highest BCUT2D eigenvalue weighted by Gasteiger charge is 2.41. The molecule has 1 saturated carbocycles. The van der Waals surface area contributed by atoms with E-state index in [-0.39, 0.29) is 28.1 Å². The van der Waals surface area contributed by atoms with Crippen LogP contribution in [0, 0.1) is 5.41 Å². The Bertz CT molecular complexity index is 804. The SMILES string of the molecule is C=C1CCC(C)(C)CC1(C)c1cc2c(O)cc(O)cc2cc1O. The van der Waals surface area contributed by atoms with E-state index in [1.807, 2.05) is 6.07 Å². The lowest BCUT2D eigenvalue weighted by atomic mass is 9.59. The van der Waals surface area contributed by atoms with Crippen LogP contribution in [0.25, 0.3) is 10.8 Å². The summed E-state index contributed by atoms with van der Waals surface area (Å²) in [7, 11) is 0. The molecule has 1 fully saturated rings. The molecular formula is C20H24O3. The summed E-state index contributed by atoms with van der Waals surface area (Å²) in [6.45, 7) is 10.9. The molecule has 0 bridgehead atoms. The molecule has 0 aromatic heterocycles. The van der Waals surface area contributed by atoms with Gasteiger partial charge in [-0.25, -0.2) is 0 Å². The molecule has 2 aromatic carbocycles. The highest BCUT2D eigenvalue weighted by molar-refractivity contribution is 5.91. The molecule has 0 heterocycles. The van der Waals surface area contributed by atoms with Gasteiger partial charge in [-0.1, -0.05) is 32.9 Å². The van der Waals surface area contributed by atoms with Crippen molar-refractivity contribution in [3.05, 3.63) is 42.0 Å². The predicted octanol–water partition coefficient (Wildman–Crippen LogP) is 4.98. The minimum atomic E-state index is -0.329. The lowest BCUT2D eigenvalue weighted by molar-refractivity contribution is 0.206. The van der Waals surface area contributed by atoms with E-state index in [0.717, 1.165) is 30.4 Å². The van der Waals surface area contributed by atoms with Gasteiger partial charge in [0.2, 0.25) is 0 Å². The fourth-order valence-corrected chi connectivity index (χ4v) is 4.03. The van der Waals surface area contributed by atoms with Crippen molar-refractivity contribution in [1.29, 1.82) is 0 Å². The summed E-state index contributed by atoms with van der Waals surface area (Å²) in [5.74, 6) is 0.186. The van der Waals surface area contributed by atoms with E-state index in [0.29, 0.717) is 10.8 Å². The van der Waals surface area contributed by atoms with Crippen LogP contribution in [0.5, 0.6) is 17.2 Å². The molecule has 2 aromatic rings. The second-order valence-corrected chi connectivity index (χ2v) is 7.83. The normalized spacial score (nSPS) is 24.0. The maximum atomic E-state index is 10.6. The first kappa shape index (κ1) is 15.7. The van der Waals surface area contributed by atoms with E-state index in [1.165, 1.54) is 6.07 Å². The summed E-state index contributed by atoms with van der Waals surface area (Å²) in [4.78, 5) is 0. The first-order valence-corrected chi connectivity index (χ1v) is 8.00. The van der Waals surface area contributed by atoms with Crippen molar-refractivity contribution < 1.29 is 15.3 Å². The van der Waals surface area contributed by atoms with Gasteiger partial charge in [-0.15, -0.1) is 0 Å². The molecule has 3 N–H and O–H groups in total. The van der Waals surface area contributed by atoms with E-state index < -0.39 is 0 Å². The molecule has 23 heavy (non-hydrogen) atoms. The van der Waals surface area contributed by atoms with E-state index in [9.17, 15) is 15.3 Å². The molecule has 0 aliphatic heterocycles. The Balaban J connectivity index is 2.22. The highest BCUT2D eigenvalue weighted by Crippen LogP contribution is 2.52. The van der Waals surface area contributed by atoms with Crippen LogP contribution in [0.3, 0.4) is 0 Å². The molecule has 3 rings (SSSR count). The monoisotopic (exact) mass is 312 g/mol. The number of phenols is 3. The van der Waals surface area contributed by atoms with Crippen LogP contribution in [-0.2, 0) is 5.41 Å². The molecule has 0 amide bonds. The Morgan fingerprint density at radius 2 is 1.65 bits per heavy atom. The van der Waals surface area contributed by atoms with Gasteiger partial charge >= 0.3 is 0 Å². The minimum Gasteiger partial charge on any atom is -0.508 e. The molecule has 0 radical (unpaired) electrons. The zero-order valence-electron chi connectivity index (χ0n) is 14.0. The van der Waals surface area contributed by atoms with Crippen molar-refractivity contribution in [2.75, 3.05) is 0 Å². The molecule has 3 heteroatoms. The number of hydrogen-bond donors (Lipinski definition) is 3. The van der Waals surface area contributed by atoms with Gasteiger partial charge in [-0.2, -0.15) is 0 Å². The lowest BCUT2D eigenvalue weighted by Crippen LogP contribution is -2.36. The number of benzene rings is 2. The maximum absolute atomic E-state index is 10.6. The summed E-state index contributed by atoms with van der Waals surface area (Å²) < 4.78 is 0. The third-order valence-electron chi connectivity index (χ3n) is 5.34. The average molecular weight is 312 g/mol. The Morgan fingerprint density at radius 1 is 0.957 bits per heavy atom. The van der Waals surface area contributed by atoms with Gasteiger partial charge in [-0.3, -0.25) is 0 Å². The van der Waals surface area contributed by atoms with Crippen LogP contribution < -0.4 is 0 Å². The Hall–Kier alpha value is -2.16. The zero-order chi connectivity index (χ0) is 17.0. The molecule has 3 nitrogen and oxygen atoms in total. The van der Waals surface area contributed by atoms with Gasteiger partial charge in [0.15, 0.2) is 0 Å². The fourth-order valence-electron chi connectivity index (χ4n) is 4.03. The van der Waals surface area contributed by atoms with Crippen molar-refractivity contribution in [1.82, 2.24) is 0 Å². The largest absolute Gasteiger partial charge is 0.508 e. The van der Waals surface area contributed by atoms with Crippen LogP contribution in [0.15, 0.2) is 36.4 Å². The number of fused-ring (bicyclic) bond motifs is 1. The van der Waals surface area contributed by atoms with Gasteiger partial charge < -0.3 is 15.3 Å². The standard InChI is InChI=1S/C20H24O3/c1-12-5-6-19(2,3)11-20(12,4)16-10-15-13(8-18(16)23)7-14(21)9-17(15)22/h7-10,21-23H,1,5-6,11H2,2-4H3. The Morgan fingerprint density at radius 3 is 2.35 bits per heavy atom. The predicted molar refractivity (Wildman–Crippen MR) is 93.1 cm³/mol. The summed E-state index contributed by atoms with van der Waals surface area (Å²) in [5, 5.41) is 31.6. The van der Waals surface area contributed by atoms with E-state index in [1.54, 1.807) is 12.1 Å². The quantitative estimate of drug-likeness (QED) is 0.651. The second kappa shape index (κ2) is 4.92. The zero-order valence-corrected chi connectivity index (χ0v) is 14.0. The van der Waals surface area contributed by atoms with E-state index >= 15 is 0 Å². The number of aromatic hydroxyl groups is 3. The van der Waals surface area contributed by atoms with Crippen molar-refractivity contribution in [3.63, 3.8) is 0 Å². The number of phenolic OH excluding ortho intramolecular Hbond substituents is 3. The second-order valence-electron chi connectivity index (χ2n) is 7.83. The molecule has 1 aliphatic rings. The molecule has 1 aliphatic carbocycles. The highest BCUT2D eigenvalue weighted by atomic mass is 16.3. The third kappa shape index (κ3) is 2.54. The van der Waals surface area contributed by atoms with Crippen LogP contribution in [0.4, 0.5) is 0 Å². The summed E-state index contributed by atoms with van der Waals surface area (Å²) in [6, 6.07) is 6.32. The first-order chi connectivity index (χ1) is 10.6. The molecule has 1 unspecified atom stereocenters. The van der Waals surface area contributed by atoms with Gasteiger partial charge in [-0.05, 0) is 48.3 Å². The van der Waals surface area contributed by atoms with Crippen molar-refractivity contribution in [2.24, 2.45) is 5.41 Å². The number of hydrogen-bond acceptors (Lipinski definition) is 3. The van der Waals surface area contributed by atoms with E-state index in [2.05, 4.69) is 27.4 Å². The molecule has 122 valence electrons. The first-order valence-electron chi connectivity index (χ1n) is 8.00. The van der Waals surface area contributed by atoms with Crippen LogP contribution in [-0.4, -0.2) is 15.3 Å². The van der Waals surface area contributed by atoms with Gasteiger partial charge in [0.05, 0.1) is 0 Å². The summed E-state index contributed by atoms with van der Waals surface area (Å²) in [5.41, 5.74) is 1.76. The smallest absolute Gasteiger partial charge is 0.127 e. The summed E-state index contributed by atoms with van der Waals surface area (Å²) in [6.07, 6.45) is 2.92. The number of allylic oxidation sites excluding steroid dienone is 1. The van der Waals surface area contributed by atoms with Crippen LogP contribution in [0.1, 0.15) is 45.6 Å². The van der Waals surface area contributed by atoms with Gasteiger partial charge in [0.25, 0.3) is 0 Å². The minimum absolute atomic E-state index is 0.0171. The van der Waals surface area contributed by atoms with Gasteiger partial charge in [0, 0.05) is 22.4 Å². The third-order valence-corrected chi connectivity index (χ3v) is 5.34. The Labute approximate surface area is 136 Å². The van der Waals surface area contributed by atoms with Crippen LogP contribution >= 0.6 is 0 Å². The average Bonchev–Trinajstić information content (AvgIpc) is 2.41. The number of rotatable bonds is 1. The maximum Gasteiger partial charge on any atom is 0.127 e. The fraction of sp³-hybridized carbons (Fsp3) is 0.400. The van der Waals surface area contributed by atoms with Gasteiger partial charge in [0.1, 0.15) is 17.2 Å². The Kier molecular flexibility index (Phi) is 3.36. The topological polar surface area (TPSA) is 60.7 Å². The molecule has 0 saturated heterocycles. The van der Waals surface area contributed by atoms with Crippen molar-refractivity contribution in [2.45, 2.75) is 45.4 Å². The van der Waals surface area contributed by atoms with Crippen LogP contribution in [0.2, 0.25) is 0 Å². The lowest BCUT2D eigenvalue weighted by Gasteiger charge is -2.45. The van der Waals surface area contributed by atoms with Crippen molar-refractivity contribution in [3.8, 4) is 17.2 Å². The molecule has 1 atom stereocenters. The van der Waals surface area contributed by atoms with E-state index in [4.69, 9.17) is 0 Å². The molecule has 0 spiro atoms. The van der Waals surface area contributed by atoms with Crippen molar-refractivity contribution >= 4 is 10.8 Å².